The van der Waals surface area contributed by atoms with Crippen LogP contribution in [0.4, 0.5) is 5.69 Å². The highest BCUT2D eigenvalue weighted by molar-refractivity contribution is 7.92. The number of fused-ring (bicyclic) bond motifs is 1. The molecule has 0 aromatic heterocycles. The van der Waals surface area contributed by atoms with Gasteiger partial charge in [0.1, 0.15) is 12.4 Å². The fraction of sp³-hybridized carbons (Fsp3) is 0.435. The lowest BCUT2D eigenvalue weighted by Crippen LogP contribution is -2.44. The van der Waals surface area contributed by atoms with E-state index in [-0.39, 0.29) is 40.1 Å². The Hall–Kier alpha value is -2.62. The van der Waals surface area contributed by atoms with Crippen molar-refractivity contribution in [3.63, 3.8) is 0 Å². The first-order chi connectivity index (χ1) is 15.2. The molecule has 2 N–H and O–H groups in total. The summed E-state index contributed by atoms with van der Waals surface area (Å²) in [4.78, 5) is 15.0. The molecule has 8 nitrogen and oxygen atoms in total. The molecule has 174 valence electrons. The highest BCUT2D eigenvalue weighted by Crippen LogP contribution is 2.27. The molecule has 1 heterocycles. The number of methoxy groups -OCH3 is 1. The summed E-state index contributed by atoms with van der Waals surface area (Å²) in [6, 6.07) is 12.9. The van der Waals surface area contributed by atoms with Crippen molar-refractivity contribution in [3.05, 3.63) is 54.1 Å². The van der Waals surface area contributed by atoms with Crippen molar-refractivity contribution < 1.29 is 22.7 Å². The third-order valence-corrected chi connectivity index (χ3v) is 6.93. The zero-order chi connectivity index (χ0) is 23.3. The van der Waals surface area contributed by atoms with Crippen molar-refractivity contribution >= 4 is 21.6 Å². The minimum absolute atomic E-state index is 0.0614. The van der Waals surface area contributed by atoms with Crippen LogP contribution in [-0.4, -0.2) is 65.2 Å². The first kappa shape index (κ1) is 24.0. The van der Waals surface area contributed by atoms with Gasteiger partial charge < -0.3 is 19.7 Å². The number of rotatable bonds is 4. The summed E-state index contributed by atoms with van der Waals surface area (Å²) >= 11 is 0. The molecule has 1 aliphatic rings. The lowest BCUT2D eigenvalue weighted by Gasteiger charge is -2.30. The Morgan fingerprint density at radius 1 is 1.16 bits per heavy atom. The van der Waals surface area contributed by atoms with Gasteiger partial charge in [-0.15, -0.1) is 0 Å². The molecular weight excluding hydrogens is 430 g/mol. The average molecular weight is 462 g/mol. The fourth-order valence-corrected chi connectivity index (χ4v) is 4.61. The van der Waals surface area contributed by atoms with Gasteiger partial charge in [-0.05, 0) is 43.2 Å². The number of hydrogen-bond acceptors (Lipinski definition) is 6. The number of benzene rings is 2. The molecule has 3 atom stereocenters. The van der Waals surface area contributed by atoms with Gasteiger partial charge in [0.15, 0.2) is 0 Å². The van der Waals surface area contributed by atoms with Crippen LogP contribution in [0.2, 0.25) is 0 Å². The Labute approximate surface area is 190 Å². The molecule has 0 radical (unpaired) electrons. The molecule has 2 aromatic carbocycles. The topological polar surface area (TPSA) is 97.0 Å². The van der Waals surface area contributed by atoms with Crippen molar-refractivity contribution in [1.82, 2.24) is 10.2 Å². The molecule has 0 saturated carbocycles. The number of sulfonamides is 1. The lowest BCUT2D eigenvalue weighted by atomic mass is 10.0. The van der Waals surface area contributed by atoms with Crippen LogP contribution < -0.4 is 14.8 Å². The smallest absolute Gasteiger partial charge is 0.261 e. The Morgan fingerprint density at radius 3 is 2.56 bits per heavy atom. The zero-order valence-corrected chi connectivity index (χ0v) is 19.7. The van der Waals surface area contributed by atoms with Crippen molar-refractivity contribution in [1.29, 1.82) is 0 Å². The molecule has 1 aliphatic heterocycles. The number of anilines is 1. The second kappa shape index (κ2) is 10.3. The van der Waals surface area contributed by atoms with Gasteiger partial charge in [0.25, 0.3) is 15.9 Å². The van der Waals surface area contributed by atoms with Crippen LogP contribution in [0.25, 0.3) is 0 Å². The van der Waals surface area contributed by atoms with Crippen LogP contribution in [0.15, 0.2) is 53.4 Å². The zero-order valence-electron chi connectivity index (χ0n) is 18.9. The second-order valence-corrected chi connectivity index (χ2v) is 9.87. The van der Waals surface area contributed by atoms with E-state index in [9.17, 15) is 13.2 Å². The minimum atomic E-state index is -3.79. The maximum atomic E-state index is 13.3. The number of hydrogen-bond donors (Lipinski definition) is 2. The van der Waals surface area contributed by atoms with Gasteiger partial charge in [0, 0.05) is 39.0 Å². The molecule has 0 spiro atoms. The number of amides is 1. The molecule has 1 amide bonds. The van der Waals surface area contributed by atoms with E-state index in [2.05, 4.69) is 17.0 Å². The molecule has 32 heavy (non-hydrogen) atoms. The highest BCUT2D eigenvalue weighted by Gasteiger charge is 2.26. The predicted molar refractivity (Wildman–Crippen MR) is 124 cm³/mol. The van der Waals surface area contributed by atoms with Crippen LogP contribution >= 0.6 is 0 Å². The van der Waals surface area contributed by atoms with Crippen LogP contribution in [0.5, 0.6) is 5.75 Å². The molecular formula is C23H31N3O5S. The lowest BCUT2D eigenvalue weighted by molar-refractivity contribution is 0.0281. The SMILES string of the molecule is CO[C@H]1CN(C)C(=O)c2cc(NS(=O)(=O)c3ccccc3)ccc2OC[C@H](C)NC[C@H]1C. The quantitative estimate of drug-likeness (QED) is 0.727. The van der Waals surface area contributed by atoms with Gasteiger partial charge in [-0.3, -0.25) is 9.52 Å². The Balaban J connectivity index is 1.93. The van der Waals surface area contributed by atoms with Crippen LogP contribution in [0, 0.1) is 5.92 Å². The van der Waals surface area contributed by atoms with Gasteiger partial charge >= 0.3 is 0 Å². The third kappa shape index (κ3) is 5.79. The maximum absolute atomic E-state index is 13.3. The van der Waals surface area contributed by atoms with E-state index >= 15 is 0 Å². The summed E-state index contributed by atoms with van der Waals surface area (Å²) in [5.41, 5.74) is 0.573. The van der Waals surface area contributed by atoms with E-state index in [1.165, 1.54) is 18.2 Å². The van der Waals surface area contributed by atoms with E-state index in [1.807, 2.05) is 6.92 Å². The molecule has 0 unspecified atom stereocenters. The Bertz CT molecular complexity index is 1030. The van der Waals surface area contributed by atoms with E-state index in [0.29, 0.717) is 18.9 Å². The monoisotopic (exact) mass is 461 g/mol. The summed E-state index contributed by atoms with van der Waals surface area (Å²) in [5.74, 6) is 0.317. The third-order valence-electron chi connectivity index (χ3n) is 5.53. The second-order valence-electron chi connectivity index (χ2n) is 8.19. The van der Waals surface area contributed by atoms with Crippen molar-refractivity contribution in [2.75, 3.05) is 38.6 Å². The predicted octanol–water partition coefficient (Wildman–Crippen LogP) is 2.58. The van der Waals surface area contributed by atoms with E-state index in [4.69, 9.17) is 9.47 Å². The molecule has 0 aliphatic carbocycles. The first-order valence-corrected chi connectivity index (χ1v) is 12.1. The van der Waals surface area contributed by atoms with Crippen LogP contribution in [-0.2, 0) is 14.8 Å². The largest absolute Gasteiger partial charge is 0.491 e. The number of carbonyl (C=O) groups is 1. The molecule has 0 bridgehead atoms. The Morgan fingerprint density at radius 2 is 1.88 bits per heavy atom. The summed E-state index contributed by atoms with van der Waals surface area (Å²) in [6.07, 6.45) is -0.146. The van der Waals surface area contributed by atoms with Crippen molar-refractivity contribution in [2.45, 2.75) is 30.9 Å². The number of carbonyl (C=O) groups excluding carboxylic acids is 1. The standard InChI is InChI=1S/C23H31N3O5S/c1-16-13-24-17(2)15-31-21-11-10-18(25-32(28,29)19-8-6-5-7-9-19)12-20(21)23(27)26(3)14-22(16)30-4/h5-12,16-17,22,24-25H,13-15H2,1-4H3/t16-,17+,22+/m1/s1. The van der Waals surface area contributed by atoms with Gasteiger partial charge in [-0.1, -0.05) is 25.1 Å². The summed E-state index contributed by atoms with van der Waals surface area (Å²) < 4.78 is 39.6. The van der Waals surface area contributed by atoms with Crippen LogP contribution in [0.1, 0.15) is 24.2 Å². The van der Waals surface area contributed by atoms with Crippen molar-refractivity contribution in [3.8, 4) is 5.75 Å². The van der Waals surface area contributed by atoms with Gasteiger partial charge in [0.2, 0.25) is 0 Å². The minimum Gasteiger partial charge on any atom is -0.491 e. The fourth-order valence-electron chi connectivity index (χ4n) is 3.54. The Kier molecular flexibility index (Phi) is 7.76. The highest BCUT2D eigenvalue weighted by atomic mass is 32.2. The van der Waals surface area contributed by atoms with Crippen LogP contribution in [0.3, 0.4) is 0 Å². The molecule has 0 saturated heterocycles. The van der Waals surface area contributed by atoms with Crippen molar-refractivity contribution in [2.24, 2.45) is 5.92 Å². The number of ether oxygens (including phenoxy) is 2. The summed E-state index contributed by atoms with van der Waals surface area (Å²) in [6.45, 7) is 5.58. The van der Waals surface area contributed by atoms with E-state index < -0.39 is 10.0 Å². The molecule has 0 fully saturated rings. The molecule has 9 heteroatoms. The number of nitrogens with zero attached hydrogens (tertiary/aromatic N) is 1. The molecule has 3 rings (SSSR count). The normalized spacial score (nSPS) is 22.8. The summed E-state index contributed by atoms with van der Waals surface area (Å²) in [7, 11) is -0.442. The average Bonchev–Trinajstić information content (AvgIpc) is 2.79. The number of nitrogens with one attached hydrogen (secondary N) is 2. The maximum Gasteiger partial charge on any atom is 0.261 e. The van der Waals surface area contributed by atoms with E-state index in [0.717, 1.165) is 6.54 Å². The summed E-state index contributed by atoms with van der Waals surface area (Å²) in [5, 5.41) is 3.43. The first-order valence-electron chi connectivity index (χ1n) is 10.6. The van der Waals surface area contributed by atoms with Gasteiger partial charge in [0.05, 0.1) is 16.6 Å². The molecule has 2 aromatic rings. The van der Waals surface area contributed by atoms with E-state index in [1.54, 1.807) is 49.4 Å². The van der Waals surface area contributed by atoms with Gasteiger partial charge in [-0.2, -0.15) is 0 Å². The van der Waals surface area contributed by atoms with Gasteiger partial charge in [-0.25, -0.2) is 8.42 Å². The number of likely N-dealkylation sites (N-methyl/N-ethyl adjacent to an activating group) is 1.